The smallest absolute Gasteiger partial charge is 0.279 e. The van der Waals surface area contributed by atoms with E-state index in [1.807, 2.05) is 20.9 Å². The van der Waals surface area contributed by atoms with Crippen LogP contribution in [0, 0.1) is 0 Å². The summed E-state index contributed by atoms with van der Waals surface area (Å²) in [6.45, 7) is 4.57. The quantitative estimate of drug-likeness (QED) is 0.670. The molecule has 0 aromatic heterocycles. The molecule has 0 radical (unpaired) electrons. The van der Waals surface area contributed by atoms with Crippen molar-refractivity contribution >= 4 is 29.1 Å². The fourth-order valence-corrected chi connectivity index (χ4v) is 2.32. The third kappa shape index (κ3) is 6.45. The van der Waals surface area contributed by atoms with E-state index in [4.69, 9.17) is 11.6 Å². The Labute approximate surface area is 137 Å². The number of benzene rings is 1. The van der Waals surface area contributed by atoms with E-state index in [0.717, 1.165) is 17.7 Å². The van der Waals surface area contributed by atoms with Gasteiger partial charge in [-0.2, -0.15) is 0 Å². The molecule has 0 fully saturated rings. The van der Waals surface area contributed by atoms with Crippen LogP contribution in [0.5, 0.6) is 0 Å². The Bertz CT molecular complexity index is 504. The van der Waals surface area contributed by atoms with Crippen molar-refractivity contribution in [3.63, 3.8) is 0 Å². The summed E-state index contributed by atoms with van der Waals surface area (Å²) >= 11 is 5.99. The molecule has 122 valence electrons. The molecule has 0 aliphatic rings. The summed E-state index contributed by atoms with van der Waals surface area (Å²) in [6.07, 6.45) is 1.82. The Hall–Kier alpha value is -1.59. The highest BCUT2D eigenvalue weighted by atomic mass is 35.5. The predicted molar refractivity (Wildman–Crippen MR) is 89.2 cm³/mol. The molecule has 2 amide bonds. The minimum absolute atomic E-state index is 0.0308. The van der Waals surface area contributed by atoms with E-state index < -0.39 is 0 Å². The van der Waals surface area contributed by atoms with E-state index in [1.165, 1.54) is 0 Å². The second kappa shape index (κ2) is 9.43. The molecule has 0 bridgehead atoms. The van der Waals surface area contributed by atoms with Crippen LogP contribution >= 0.6 is 11.6 Å². The van der Waals surface area contributed by atoms with Crippen LogP contribution in [0.1, 0.15) is 26.7 Å². The third-order valence-electron chi connectivity index (χ3n) is 3.42. The minimum Gasteiger partial charge on any atom is -0.349 e. The molecule has 0 aliphatic heterocycles. The summed E-state index contributed by atoms with van der Waals surface area (Å²) in [4.78, 5) is 24.7. The fourth-order valence-electron chi connectivity index (χ4n) is 2.14. The molecule has 1 aromatic rings. The van der Waals surface area contributed by atoms with Crippen molar-refractivity contribution < 1.29 is 14.5 Å². The van der Waals surface area contributed by atoms with E-state index in [0.29, 0.717) is 10.7 Å². The van der Waals surface area contributed by atoms with Gasteiger partial charge in [0.2, 0.25) is 0 Å². The molecule has 22 heavy (non-hydrogen) atoms. The number of anilines is 1. The Morgan fingerprint density at radius 3 is 2.32 bits per heavy atom. The predicted octanol–water partition coefficient (Wildman–Crippen LogP) is 1.10. The number of quaternary nitrogens is 1. The number of carbonyl (C=O) groups is 2. The maximum Gasteiger partial charge on any atom is 0.279 e. The van der Waals surface area contributed by atoms with Gasteiger partial charge >= 0.3 is 0 Å². The normalized spacial score (nSPS) is 12.0. The number of hydrogen-bond donors (Lipinski definition) is 3. The molecule has 0 heterocycles. The zero-order valence-electron chi connectivity index (χ0n) is 13.4. The summed E-state index contributed by atoms with van der Waals surface area (Å²) in [5.41, 5.74) is 0.587. The van der Waals surface area contributed by atoms with Crippen molar-refractivity contribution in [2.45, 2.75) is 32.7 Å². The van der Waals surface area contributed by atoms with E-state index >= 15 is 0 Å². The molecule has 1 aromatic carbocycles. The molecular formula is C16H25ClN3O2+. The van der Waals surface area contributed by atoms with Crippen LogP contribution in [0.15, 0.2) is 24.3 Å². The standard InChI is InChI=1S/C16H24ClN3O2/c1-4-12(5-2)18-15(21)10-20(3)11-16(22)19-14-9-7-6-8-13(14)17/h6-9,12H,4-5,10-11H2,1-3H3,(H,18,21)(H,19,22)/p+1. The highest BCUT2D eigenvalue weighted by Crippen LogP contribution is 2.19. The van der Waals surface area contributed by atoms with Crippen molar-refractivity contribution in [1.29, 1.82) is 0 Å². The molecule has 0 aliphatic carbocycles. The molecular weight excluding hydrogens is 302 g/mol. The second-order valence-corrected chi connectivity index (χ2v) is 5.83. The SMILES string of the molecule is CCC(CC)NC(=O)C[NH+](C)CC(=O)Nc1ccccc1Cl. The van der Waals surface area contributed by atoms with Gasteiger partial charge in [-0.3, -0.25) is 9.59 Å². The molecule has 1 rings (SSSR count). The Morgan fingerprint density at radius 2 is 1.73 bits per heavy atom. The molecule has 1 unspecified atom stereocenters. The zero-order valence-corrected chi connectivity index (χ0v) is 14.2. The summed E-state index contributed by atoms with van der Waals surface area (Å²) in [7, 11) is 1.82. The topological polar surface area (TPSA) is 62.6 Å². The zero-order chi connectivity index (χ0) is 16.5. The van der Waals surface area contributed by atoms with Gasteiger partial charge in [0.05, 0.1) is 17.8 Å². The van der Waals surface area contributed by atoms with Gasteiger partial charge in [-0.05, 0) is 25.0 Å². The number of amides is 2. The van der Waals surface area contributed by atoms with Crippen molar-refractivity contribution in [3.05, 3.63) is 29.3 Å². The Kier molecular flexibility index (Phi) is 7.91. The summed E-state index contributed by atoms with van der Waals surface area (Å²) in [5, 5.41) is 6.22. The van der Waals surface area contributed by atoms with Gasteiger partial charge in [-0.1, -0.05) is 37.6 Å². The van der Waals surface area contributed by atoms with Gasteiger partial charge in [0.25, 0.3) is 11.8 Å². The summed E-state index contributed by atoms with van der Waals surface area (Å²) < 4.78 is 0. The summed E-state index contributed by atoms with van der Waals surface area (Å²) in [6, 6.07) is 7.28. The highest BCUT2D eigenvalue weighted by molar-refractivity contribution is 6.33. The minimum atomic E-state index is -0.166. The van der Waals surface area contributed by atoms with Crippen molar-refractivity contribution in [2.24, 2.45) is 0 Å². The van der Waals surface area contributed by atoms with Gasteiger partial charge in [-0.15, -0.1) is 0 Å². The molecule has 0 saturated heterocycles. The van der Waals surface area contributed by atoms with Gasteiger partial charge in [-0.25, -0.2) is 0 Å². The molecule has 0 spiro atoms. The lowest BCUT2D eigenvalue weighted by Crippen LogP contribution is -3.11. The molecule has 6 heteroatoms. The lowest BCUT2D eigenvalue weighted by atomic mass is 10.2. The van der Waals surface area contributed by atoms with E-state index in [9.17, 15) is 9.59 Å². The van der Waals surface area contributed by atoms with E-state index in [-0.39, 0.29) is 30.9 Å². The third-order valence-corrected chi connectivity index (χ3v) is 3.75. The Morgan fingerprint density at radius 1 is 1.14 bits per heavy atom. The number of likely N-dealkylation sites (N-methyl/N-ethyl adjacent to an activating group) is 1. The monoisotopic (exact) mass is 326 g/mol. The molecule has 1 atom stereocenters. The first kappa shape index (κ1) is 18.5. The lowest BCUT2D eigenvalue weighted by molar-refractivity contribution is -0.862. The first-order chi connectivity index (χ1) is 10.5. The first-order valence-corrected chi connectivity index (χ1v) is 7.99. The van der Waals surface area contributed by atoms with Gasteiger partial charge in [0.15, 0.2) is 13.1 Å². The van der Waals surface area contributed by atoms with Crippen LogP contribution in [0.4, 0.5) is 5.69 Å². The van der Waals surface area contributed by atoms with E-state index in [2.05, 4.69) is 10.6 Å². The van der Waals surface area contributed by atoms with Crippen LogP contribution in [-0.4, -0.2) is 38.0 Å². The second-order valence-electron chi connectivity index (χ2n) is 5.42. The maximum absolute atomic E-state index is 12.0. The van der Waals surface area contributed by atoms with Crippen molar-refractivity contribution in [3.8, 4) is 0 Å². The van der Waals surface area contributed by atoms with Crippen LogP contribution in [-0.2, 0) is 9.59 Å². The molecule has 3 N–H and O–H groups in total. The number of hydrogen-bond acceptors (Lipinski definition) is 2. The van der Waals surface area contributed by atoms with Gasteiger partial charge in [0, 0.05) is 6.04 Å². The van der Waals surface area contributed by atoms with E-state index in [1.54, 1.807) is 24.3 Å². The molecule has 0 saturated carbocycles. The van der Waals surface area contributed by atoms with Gasteiger partial charge in [0.1, 0.15) is 0 Å². The average molecular weight is 327 g/mol. The number of nitrogens with one attached hydrogen (secondary N) is 3. The van der Waals surface area contributed by atoms with Crippen molar-refractivity contribution in [2.75, 3.05) is 25.5 Å². The number of carbonyl (C=O) groups excluding carboxylic acids is 2. The van der Waals surface area contributed by atoms with Crippen molar-refractivity contribution in [1.82, 2.24) is 5.32 Å². The number of para-hydroxylation sites is 1. The fraction of sp³-hybridized carbons (Fsp3) is 0.500. The number of halogens is 1. The number of rotatable bonds is 8. The van der Waals surface area contributed by atoms with Crippen LogP contribution < -0.4 is 15.5 Å². The maximum atomic E-state index is 12.0. The Balaban J connectivity index is 2.41. The highest BCUT2D eigenvalue weighted by Gasteiger charge is 2.16. The lowest BCUT2D eigenvalue weighted by Gasteiger charge is -2.17. The molecule has 5 nitrogen and oxygen atoms in total. The van der Waals surface area contributed by atoms with Gasteiger partial charge < -0.3 is 15.5 Å². The average Bonchev–Trinajstić information content (AvgIpc) is 2.46. The van der Waals surface area contributed by atoms with Crippen LogP contribution in [0.2, 0.25) is 5.02 Å². The first-order valence-electron chi connectivity index (χ1n) is 7.61. The van der Waals surface area contributed by atoms with Crippen LogP contribution in [0.25, 0.3) is 0 Å². The largest absolute Gasteiger partial charge is 0.349 e. The van der Waals surface area contributed by atoms with Crippen LogP contribution in [0.3, 0.4) is 0 Å². The summed E-state index contributed by atoms with van der Waals surface area (Å²) in [5.74, 6) is -0.197.